The lowest BCUT2D eigenvalue weighted by Crippen LogP contribution is -2.03. The molecule has 0 spiro atoms. The number of nitrogens with two attached hydrogens (primary N) is 2. The molecule has 0 saturated heterocycles. The average Bonchev–Trinajstić information content (AvgIpc) is 3.26. The van der Waals surface area contributed by atoms with E-state index in [9.17, 15) is 4.57 Å². The highest BCUT2D eigenvalue weighted by Gasteiger charge is 2.12. The SMILES string of the molecule is CC(C)(C)CCCCCCCCCCCCCCCCCN.CC(C)(C)CCCCCCCCCCCCCCCCCN.CCCCCCCCCCCCCCCCCCOP(=O)(O)O. The van der Waals surface area contributed by atoms with Gasteiger partial charge in [-0.2, -0.15) is 0 Å². The third-order valence-corrected chi connectivity index (χ3v) is 14.0. The van der Waals surface area contributed by atoms with Crippen molar-refractivity contribution in [3.05, 3.63) is 0 Å². The molecule has 0 aromatic carbocycles. The molecule has 67 heavy (non-hydrogen) atoms. The summed E-state index contributed by atoms with van der Waals surface area (Å²) < 4.78 is 14.9. The molecule has 0 rings (SSSR count). The zero-order valence-corrected chi connectivity index (χ0v) is 48.3. The van der Waals surface area contributed by atoms with Crippen molar-refractivity contribution < 1.29 is 18.9 Å². The Balaban J connectivity index is -0.000000917. The molecule has 0 saturated carbocycles. The Labute approximate surface area is 423 Å². The summed E-state index contributed by atoms with van der Waals surface area (Å²) >= 11 is 0. The first-order valence-electron chi connectivity index (χ1n) is 30.3. The van der Waals surface area contributed by atoms with Gasteiger partial charge >= 0.3 is 7.82 Å². The van der Waals surface area contributed by atoms with Gasteiger partial charge in [0.05, 0.1) is 6.61 Å². The molecule has 0 aromatic rings. The van der Waals surface area contributed by atoms with E-state index in [-0.39, 0.29) is 6.61 Å². The highest BCUT2D eigenvalue weighted by atomic mass is 31.2. The highest BCUT2D eigenvalue weighted by Crippen LogP contribution is 2.36. The summed E-state index contributed by atoms with van der Waals surface area (Å²) in [6.45, 7) is 18.3. The lowest BCUT2D eigenvalue weighted by Gasteiger charge is -2.17. The van der Waals surface area contributed by atoms with Crippen molar-refractivity contribution in [1.29, 1.82) is 0 Å². The van der Waals surface area contributed by atoms with Crippen molar-refractivity contribution in [2.45, 2.75) is 357 Å². The fourth-order valence-corrected chi connectivity index (χ4v) is 9.40. The van der Waals surface area contributed by atoms with Crippen LogP contribution >= 0.6 is 7.82 Å². The van der Waals surface area contributed by atoms with Gasteiger partial charge in [0, 0.05) is 0 Å². The van der Waals surface area contributed by atoms with Gasteiger partial charge in [-0.1, -0.05) is 325 Å². The monoisotopic (exact) mass is 973 g/mol. The normalized spacial score (nSPS) is 12.0. The Morgan fingerprint density at radius 1 is 0.313 bits per heavy atom. The van der Waals surface area contributed by atoms with Crippen molar-refractivity contribution in [3.8, 4) is 0 Å². The second-order valence-corrected chi connectivity index (χ2v) is 24.7. The molecule has 0 aliphatic heterocycles. The smallest absolute Gasteiger partial charge is 0.330 e. The minimum atomic E-state index is -4.26. The van der Waals surface area contributed by atoms with E-state index < -0.39 is 7.82 Å². The summed E-state index contributed by atoms with van der Waals surface area (Å²) in [7, 11) is -4.26. The van der Waals surface area contributed by atoms with Crippen molar-refractivity contribution >= 4 is 7.82 Å². The standard InChI is InChI=1S/2C21H45N.C18H39O4P/c2*1-21(2,3)19-17-15-13-11-9-7-5-4-6-8-10-12-14-16-18-20-22;1-2-3-4-5-6-7-8-9-10-11-12-13-14-15-16-17-18-22-23(19,20)21/h2*4-20,22H2,1-3H3;2-18H2,1H3,(H2,19,20,21). The van der Waals surface area contributed by atoms with Crippen LogP contribution in [0.25, 0.3) is 0 Å². The van der Waals surface area contributed by atoms with Crippen molar-refractivity contribution in [2.75, 3.05) is 19.7 Å². The number of hydrogen-bond donors (Lipinski definition) is 4. The summed E-state index contributed by atoms with van der Waals surface area (Å²) in [6, 6.07) is 0. The predicted octanol–water partition coefficient (Wildman–Crippen LogP) is 20.8. The largest absolute Gasteiger partial charge is 0.469 e. The topological polar surface area (TPSA) is 119 Å². The summed E-state index contributed by atoms with van der Waals surface area (Å²) in [6.07, 6.45) is 66.3. The zero-order chi connectivity index (χ0) is 50.3. The van der Waals surface area contributed by atoms with Gasteiger partial charge < -0.3 is 21.3 Å². The lowest BCUT2D eigenvalue weighted by atomic mass is 9.89. The maximum atomic E-state index is 10.5. The summed E-state index contributed by atoms with van der Waals surface area (Å²) in [5.74, 6) is 0. The van der Waals surface area contributed by atoms with Gasteiger partial charge in [-0.05, 0) is 56.0 Å². The Morgan fingerprint density at radius 2 is 0.493 bits per heavy atom. The van der Waals surface area contributed by atoms with Crippen LogP contribution in [0.4, 0.5) is 0 Å². The molecule has 0 aliphatic rings. The van der Waals surface area contributed by atoms with Gasteiger partial charge in [-0.25, -0.2) is 4.57 Å². The molecule has 0 aliphatic carbocycles. The molecule has 0 unspecified atom stereocenters. The van der Waals surface area contributed by atoms with Gasteiger partial charge in [-0.3, -0.25) is 4.52 Å². The van der Waals surface area contributed by atoms with E-state index in [2.05, 4.69) is 53.0 Å². The first-order valence-corrected chi connectivity index (χ1v) is 31.8. The van der Waals surface area contributed by atoms with Gasteiger partial charge in [0.1, 0.15) is 0 Å². The maximum absolute atomic E-state index is 10.5. The van der Waals surface area contributed by atoms with Crippen LogP contribution in [-0.2, 0) is 9.09 Å². The molecular weight excluding hydrogens is 844 g/mol. The van der Waals surface area contributed by atoms with Crippen LogP contribution in [0.5, 0.6) is 0 Å². The number of phosphoric ester groups is 1. The van der Waals surface area contributed by atoms with E-state index in [0.29, 0.717) is 10.8 Å². The van der Waals surface area contributed by atoms with Crippen LogP contribution in [0.2, 0.25) is 0 Å². The molecule has 0 amide bonds. The van der Waals surface area contributed by atoms with Crippen LogP contribution in [0.1, 0.15) is 357 Å². The van der Waals surface area contributed by atoms with Crippen LogP contribution in [0.15, 0.2) is 0 Å². The van der Waals surface area contributed by atoms with E-state index in [0.717, 1.165) is 32.4 Å². The molecule has 0 atom stereocenters. The molecule has 0 aromatic heterocycles. The van der Waals surface area contributed by atoms with Crippen LogP contribution in [0.3, 0.4) is 0 Å². The first kappa shape index (κ1) is 71.3. The number of phosphoric acid groups is 1. The van der Waals surface area contributed by atoms with Crippen molar-refractivity contribution in [3.63, 3.8) is 0 Å². The molecule has 0 radical (unpaired) electrons. The molecule has 6 nitrogen and oxygen atoms in total. The number of hydrogen-bond acceptors (Lipinski definition) is 4. The molecule has 6 N–H and O–H groups in total. The fourth-order valence-electron chi connectivity index (χ4n) is 9.03. The predicted molar refractivity (Wildman–Crippen MR) is 302 cm³/mol. The molecule has 7 heteroatoms. The van der Waals surface area contributed by atoms with Crippen LogP contribution in [-0.4, -0.2) is 29.5 Å². The highest BCUT2D eigenvalue weighted by molar-refractivity contribution is 7.46. The average molecular weight is 974 g/mol. The fraction of sp³-hybridized carbons (Fsp3) is 1.00. The zero-order valence-electron chi connectivity index (χ0n) is 47.4. The quantitative estimate of drug-likeness (QED) is 0.0356. The second kappa shape index (κ2) is 56.9. The third kappa shape index (κ3) is 80.4. The molecule has 0 heterocycles. The summed E-state index contributed by atoms with van der Waals surface area (Å²) in [5.41, 5.74) is 12.1. The lowest BCUT2D eigenvalue weighted by molar-refractivity contribution is 0.193. The maximum Gasteiger partial charge on any atom is 0.469 e. The minimum Gasteiger partial charge on any atom is -0.330 e. The van der Waals surface area contributed by atoms with E-state index in [1.165, 1.54) is 289 Å². The van der Waals surface area contributed by atoms with Crippen LogP contribution < -0.4 is 11.5 Å². The molecule has 408 valence electrons. The molecular formula is C60H129N2O4P. The molecule has 0 fully saturated rings. The van der Waals surface area contributed by atoms with E-state index in [1.807, 2.05) is 0 Å². The summed E-state index contributed by atoms with van der Waals surface area (Å²) in [5, 5.41) is 0. The van der Waals surface area contributed by atoms with Crippen molar-refractivity contribution in [2.24, 2.45) is 22.3 Å². The number of rotatable bonds is 50. The Morgan fingerprint density at radius 3 is 0.672 bits per heavy atom. The second-order valence-electron chi connectivity index (χ2n) is 23.4. The van der Waals surface area contributed by atoms with Gasteiger partial charge in [0.2, 0.25) is 0 Å². The van der Waals surface area contributed by atoms with Gasteiger partial charge in [-0.15, -0.1) is 0 Å². The van der Waals surface area contributed by atoms with Crippen LogP contribution in [0, 0.1) is 10.8 Å². The van der Waals surface area contributed by atoms with Crippen molar-refractivity contribution in [1.82, 2.24) is 0 Å². The van der Waals surface area contributed by atoms with E-state index in [4.69, 9.17) is 21.3 Å². The Hall–Kier alpha value is 0.0300. The summed E-state index contributed by atoms with van der Waals surface area (Å²) in [4.78, 5) is 17.1. The van der Waals surface area contributed by atoms with Gasteiger partial charge in [0.25, 0.3) is 0 Å². The third-order valence-electron chi connectivity index (χ3n) is 13.5. The minimum absolute atomic E-state index is 0.169. The van der Waals surface area contributed by atoms with E-state index in [1.54, 1.807) is 0 Å². The number of unbranched alkanes of at least 4 members (excludes halogenated alkanes) is 43. The first-order chi connectivity index (χ1) is 32.2. The Kier molecular flexibility index (Phi) is 60.6. The Bertz CT molecular complexity index is 884. The van der Waals surface area contributed by atoms with E-state index >= 15 is 0 Å². The van der Waals surface area contributed by atoms with Gasteiger partial charge in [0.15, 0.2) is 0 Å². The molecule has 0 bridgehead atoms.